The lowest BCUT2D eigenvalue weighted by Crippen LogP contribution is -2.16. The highest BCUT2D eigenvalue weighted by Crippen LogP contribution is 2.33. The molecule has 0 spiro atoms. The lowest BCUT2D eigenvalue weighted by atomic mass is 10.1. The molecule has 2 heterocycles. The Morgan fingerprint density at radius 2 is 1.93 bits per heavy atom. The molecule has 3 rings (SSSR count). The number of anilines is 2. The lowest BCUT2D eigenvalue weighted by Gasteiger charge is -2.07. The van der Waals surface area contributed by atoms with Gasteiger partial charge >= 0.3 is 0 Å². The molecule has 0 aliphatic heterocycles. The summed E-state index contributed by atoms with van der Waals surface area (Å²) in [5.74, 6) is -1.22. The molecule has 0 fully saturated rings. The van der Waals surface area contributed by atoms with E-state index in [0.717, 1.165) is 18.3 Å². The standard InChI is InChI=1S/C16H12F4N4O2S2/c1-7-4-9(21)6-22-15(7)28(25,26)24-16-23-12(14(20)27-16)8-2-3-10(13(18)19)11(17)5-8/h2-6,13H,21H2,1H3,(H,23,24). The van der Waals surface area contributed by atoms with Crippen molar-refractivity contribution in [2.75, 3.05) is 10.5 Å². The number of pyridine rings is 1. The minimum atomic E-state index is -4.18. The van der Waals surface area contributed by atoms with E-state index in [1.165, 1.54) is 13.0 Å². The zero-order chi connectivity index (χ0) is 20.6. The maximum Gasteiger partial charge on any atom is 0.281 e. The molecule has 0 saturated heterocycles. The van der Waals surface area contributed by atoms with Crippen molar-refractivity contribution in [3.63, 3.8) is 0 Å². The van der Waals surface area contributed by atoms with Crippen molar-refractivity contribution < 1.29 is 26.0 Å². The molecule has 0 aliphatic carbocycles. The highest BCUT2D eigenvalue weighted by molar-refractivity contribution is 7.92. The molecular formula is C16H12F4N4O2S2. The monoisotopic (exact) mass is 432 g/mol. The van der Waals surface area contributed by atoms with Crippen LogP contribution in [0, 0.1) is 17.9 Å². The Hall–Kier alpha value is -2.73. The number of thiazole rings is 1. The molecule has 0 atom stereocenters. The summed E-state index contributed by atoms with van der Waals surface area (Å²) in [5, 5.41) is -1.56. The number of aromatic nitrogens is 2. The van der Waals surface area contributed by atoms with E-state index in [2.05, 4.69) is 14.7 Å². The number of aryl methyl sites for hydroxylation is 1. The van der Waals surface area contributed by atoms with Crippen molar-refractivity contribution in [1.29, 1.82) is 0 Å². The van der Waals surface area contributed by atoms with Gasteiger partial charge in [0.15, 0.2) is 10.2 Å². The number of nitrogens with zero attached hydrogens (tertiary/aromatic N) is 2. The number of benzene rings is 1. The smallest absolute Gasteiger partial charge is 0.281 e. The first kappa shape index (κ1) is 20.0. The first-order chi connectivity index (χ1) is 13.1. The molecular weight excluding hydrogens is 420 g/mol. The van der Waals surface area contributed by atoms with Gasteiger partial charge in [-0.3, -0.25) is 4.72 Å². The van der Waals surface area contributed by atoms with Crippen LogP contribution in [0.1, 0.15) is 17.6 Å². The van der Waals surface area contributed by atoms with Crippen LogP contribution in [-0.2, 0) is 10.0 Å². The highest BCUT2D eigenvalue weighted by atomic mass is 32.2. The number of nitrogens with two attached hydrogens (primary N) is 1. The quantitative estimate of drug-likeness (QED) is 0.592. The Morgan fingerprint density at radius 3 is 2.54 bits per heavy atom. The molecule has 28 heavy (non-hydrogen) atoms. The van der Waals surface area contributed by atoms with E-state index in [4.69, 9.17) is 5.73 Å². The Balaban J connectivity index is 1.93. The minimum absolute atomic E-state index is 0.108. The first-order valence-electron chi connectivity index (χ1n) is 7.57. The van der Waals surface area contributed by atoms with E-state index in [-0.39, 0.29) is 32.7 Å². The second-order valence-electron chi connectivity index (χ2n) is 5.67. The van der Waals surface area contributed by atoms with E-state index in [1.807, 2.05) is 0 Å². The number of sulfonamides is 1. The number of nitrogens with one attached hydrogen (secondary N) is 1. The molecule has 12 heteroatoms. The van der Waals surface area contributed by atoms with E-state index in [0.29, 0.717) is 17.4 Å². The number of hydrogen-bond acceptors (Lipinski definition) is 6. The molecule has 3 N–H and O–H groups in total. The number of hydrogen-bond donors (Lipinski definition) is 2. The van der Waals surface area contributed by atoms with Gasteiger partial charge in [0, 0.05) is 5.56 Å². The van der Waals surface area contributed by atoms with Crippen molar-refractivity contribution in [3.8, 4) is 11.3 Å². The summed E-state index contributed by atoms with van der Waals surface area (Å²) < 4.78 is 80.2. The average Bonchev–Trinajstić information content (AvgIpc) is 2.93. The fourth-order valence-electron chi connectivity index (χ4n) is 2.40. The van der Waals surface area contributed by atoms with Crippen LogP contribution in [0.15, 0.2) is 35.5 Å². The summed E-state index contributed by atoms with van der Waals surface area (Å²) in [5.41, 5.74) is 4.77. The lowest BCUT2D eigenvalue weighted by molar-refractivity contribution is 0.146. The summed E-state index contributed by atoms with van der Waals surface area (Å²) in [4.78, 5) is 7.56. The molecule has 3 aromatic rings. The van der Waals surface area contributed by atoms with Crippen LogP contribution in [0.25, 0.3) is 11.3 Å². The molecule has 0 radical (unpaired) electrons. The van der Waals surface area contributed by atoms with Gasteiger partial charge in [0.2, 0.25) is 5.13 Å². The third-order valence-corrected chi connectivity index (χ3v) is 5.91. The van der Waals surface area contributed by atoms with Crippen molar-refractivity contribution in [3.05, 3.63) is 52.5 Å². The van der Waals surface area contributed by atoms with Crippen LogP contribution in [0.3, 0.4) is 0 Å². The Kier molecular flexibility index (Phi) is 5.26. The fourth-order valence-corrected chi connectivity index (χ4v) is 4.51. The van der Waals surface area contributed by atoms with Crippen LogP contribution >= 0.6 is 11.3 Å². The van der Waals surface area contributed by atoms with E-state index < -0.39 is 33.0 Å². The van der Waals surface area contributed by atoms with Crippen molar-refractivity contribution in [2.24, 2.45) is 0 Å². The van der Waals surface area contributed by atoms with Crippen molar-refractivity contribution >= 4 is 32.2 Å². The number of halogens is 4. The predicted molar refractivity (Wildman–Crippen MR) is 96.6 cm³/mol. The van der Waals surface area contributed by atoms with Gasteiger partial charge in [0.1, 0.15) is 11.5 Å². The van der Waals surface area contributed by atoms with Gasteiger partial charge in [0.25, 0.3) is 16.4 Å². The summed E-state index contributed by atoms with van der Waals surface area (Å²) >= 11 is 0.365. The zero-order valence-corrected chi connectivity index (χ0v) is 15.7. The number of rotatable bonds is 5. The van der Waals surface area contributed by atoms with Gasteiger partial charge in [-0.15, -0.1) is 0 Å². The minimum Gasteiger partial charge on any atom is -0.397 e. The highest BCUT2D eigenvalue weighted by Gasteiger charge is 2.23. The number of alkyl halides is 2. The largest absolute Gasteiger partial charge is 0.397 e. The van der Waals surface area contributed by atoms with Gasteiger partial charge in [0.05, 0.1) is 17.4 Å². The summed E-state index contributed by atoms with van der Waals surface area (Å²) in [6, 6.07) is 4.01. The third-order valence-electron chi connectivity index (χ3n) is 3.62. The Labute approximate surface area is 161 Å². The van der Waals surface area contributed by atoms with Gasteiger partial charge in [-0.1, -0.05) is 17.4 Å². The molecule has 0 saturated carbocycles. The Morgan fingerprint density at radius 1 is 1.21 bits per heavy atom. The molecule has 6 nitrogen and oxygen atoms in total. The van der Waals surface area contributed by atoms with E-state index >= 15 is 0 Å². The first-order valence-corrected chi connectivity index (χ1v) is 9.87. The van der Waals surface area contributed by atoms with Crippen molar-refractivity contribution in [2.45, 2.75) is 18.4 Å². The average molecular weight is 432 g/mol. The van der Waals surface area contributed by atoms with Crippen LogP contribution < -0.4 is 10.5 Å². The predicted octanol–water partition coefficient (Wildman–Crippen LogP) is 4.11. The van der Waals surface area contributed by atoms with Gasteiger partial charge < -0.3 is 5.73 Å². The molecule has 2 aromatic heterocycles. The normalized spacial score (nSPS) is 11.8. The van der Waals surface area contributed by atoms with Crippen molar-refractivity contribution in [1.82, 2.24) is 9.97 Å². The molecule has 0 amide bonds. The molecule has 0 aliphatic rings. The number of nitrogen functional groups attached to an aromatic ring is 1. The maximum absolute atomic E-state index is 14.2. The summed E-state index contributed by atoms with van der Waals surface area (Å²) in [6.07, 6.45) is -1.87. The fraction of sp³-hybridized carbons (Fsp3) is 0.125. The zero-order valence-electron chi connectivity index (χ0n) is 14.1. The van der Waals surface area contributed by atoms with Gasteiger partial charge in [-0.2, -0.15) is 12.8 Å². The molecule has 148 valence electrons. The van der Waals surface area contributed by atoms with Gasteiger partial charge in [-0.05, 0) is 30.7 Å². The topological polar surface area (TPSA) is 98.0 Å². The molecule has 1 aromatic carbocycles. The van der Waals surface area contributed by atoms with Crippen LogP contribution in [0.5, 0.6) is 0 Å². The Bertz CT molecular complexity index is 1150. The second-order valence-corrected chi connectivity index (χ2v) is 8.22. The van der Waals surface area contributed by atoms with Crippen LogP contribution in [0.2, 0.25) is 0 Å². The van der Waals surface area contributed by atoms with Crippen LogP contribution in [-0.4, -0.2) is 18.4 Å². The SMILES string of the molecule is Cc1cc(N)cnc1S(=O)(=O)Nc1nc(-c2ccc(C(F)F)c(F)c2)c(F)s1. The summed E-state index contributed by atoms with van der Waals surface area (Å²) in [6.45, 7) is 1.49. The van der Waals surface area contributed by atoms with Gasteiger partial charge in [-0.25, -0.2) is 23.1 Å². The van der Waals surface area contributed by atoms with E-state index in [1.54, 1.807) is 0 Å². The molecule has 0 unspecified atom stereocenters. The third kappa shape index (κ3) is 3.92. The maximum atomic E-state index is 14.2. The summed E-state index contributed by atoms with van der Waals surface area (Å²) in [7, 11) is -4.18. The molecule has 0 bridgehead atoms. The van der Waals surface area contributed by atoms with Crippen LogP contribution in [0.4, 0.5) is 28.4 Å². The van der Waals surface area contributed by atoms with E-state index in [9.17, 15) is 26.0 Å². The second kappa shape index (κ2) is 7.36.